The maximum atomic E-state index is 11.7. The summed E-state index contributed by atoms with van der Waals surface area (Å²) in [4.78, 5) is 13.8. The number of hydrogen-bond donors (Lipinski definition) is 2. The molecule has 0 aromatic rings. The van der Waals surface area contributed by atoms with Crippen LogP contribution in [0.25, 0.3) is 0 Å². The number of likely N-dealkylation sites (N-methyl/N-ethyl adjacent to an activating group) is 1. The predicted octanol–water partition coefficient (Wildman–Crippen LogP) is 0.0523. The number of amides is 1. The minimum absolute atomic E-state index is 0.170. The summed E-state index contributed by atoms with van der Waals surface area (Å²) in [5.41, 5.74) is 0. The van der Waals surface area contributed by atoms with Gasteiger partial charge in [0.2, 0.25) is 5.91 Å². The van der Waals surface area contributed by atoms with Gasteiger partial charge in [0.05, 0.1) is 5.92 Å². The summed E-state index contributed by atoms with van der Waals surface area (Å²) in [6.45, 7) is 4.65. The fourth-order valence-corrected chi connectivity index (χ4v) is 1.77. The monoisotopic (exact) mass is 213 g/mol. The zero-order valence-corrected chi connectivity index (χ0v) is 10.0. The number of nitrogens with one attached hydrogen (secondary N) is 2. The van der Waals surface area contributed by atoms with Gasteiger partial charge in [-0.3, -0.25) is 4.79 Å². The van der Waals surface area contributed by atoms with Gasteiger partial charge in [-0.15, -0.1) is 0 Å². The van der Waals surface area contributed by atoms with Gasteiger partial charge in [-0.05, 0) is 33.9 Å². The van der Waals surface area contributed by atoms with E-state index in [1.165, 1.54) is 0 Å². The van der Waals surface area contributed by atoms with E-state index in [2.05, 4.69) is 22.5 Å². The quantitative estimate of drug-likeness (QED) is 0.694. The lowest BCUT2D eigenvalue weighted by Gasteiger charge is -2.26. The van der Waals surface area contributed by atoms with Crippen LogP contribution < -0.4 is 10.6 Å². The molecule has 2 N–H and O–H groups in total. The van der Waals surface area contributed by atoms with Crippen LogP contribution in [0, 0.1) is 5.92 Å². The van der Waals surface area contributed by atoms with Crippen molar-refractivity contribution in [3.63, 3.8) is 0 Å². The molecule has 2 atom stereocenters. The number of carbonyl (C=O) groups is 1. The van der Waals surface area contributed by atoms with Crippen molar-refractivity contribution in [2.75, 3.05) is 33.7 Å². The molecule has 0 aromatic heterocycles. The molecule has 1 rings (SSSR count). The van der Waals surface area contributed by atoms with Crippen molar-refractivity contribution < 1.29 is 4.79 Å². The van der Waals surface area contributed by atoms with E-state index in [4.69, 9.17) is 0 Å². The standard InChI is InChI=1S/C11H23N3O/c1-9-4-5-10(8-13-9)11(15)12-6-7-14(2)3/h9-10,13H,4-8H2,1-3H3,(H,12,15). The van der Waals surface area contributed by atoms with Gasteiger partial charge in [0.15, 0.2) is 0 Å². The molecule has 4 heteroatoms. The Morgan fingerprint density at radius 3 is 2.73 bits per heavy atom. The fraction of sp³-hybridized carbons (Fsp3) is 0.909. The highest BCUT2D eigenvalue weighted by molar-refractivity contribution is 5.78. The molecule has 1 fully saturated rings. The van der Waals surface area contributed by atoms with E-state index in [-0.39, 0.29) is 11.8 Å². The Bertz CT molecular complexity index is 198. The maximum Gasteiger partial charge on any atom is 0.224 e. The van der Waals surface area contributed by atoms with Crippen molar-refractivity contribution in [1.82, 2.24) is 15.5 Å². The Balaban J connectivity index is 2.17. The van der Waals surface area contributed by atoms with Gasteiger partial charge in [-0.2, -0.15) is 0 Å². The first-order valence-corrected chi connectivity index (χ1v) is 5.75. The molecule has 0 radical (unpaired) electrons. The van der Waals surface area contributed by atoms with Crippen LogP contribution in [0.5, 0.6) is 0 Å². The SMILES string of the molecule is CC1CCC(C(=O)NCCN(C)C)CN1. The lowest BCUT2D eigenvalue weighted by atomic mass is 9.95. The van der Waals surface area contributed by atoms with Crippen molar-refractivity contribution >= 4 is 5.91 Å². The lowest BCUT2D eigenvalue weighted by molar-refractivity contribution is -0.125. The molecule has 4 nitrogen and oxygen atoms in total. The predicted molar refractivity (Wildman–Crippen MR) is 61.8 cm³/mol. The Hall–Kier alpha value is -0.610. The van der Waals surface area contributed by atoms with Crippen LogP contribution >= 0.6 is 0 Å². The van der Waals surface area contributed by atoms with Crippen LogP contribution in [0.2, 0.25) is 0 Å². The highest BCUT2D eigenvalue weighted by atomic mass is 16.1. The zero-order valence-electron chi connectivity index (χ0n) is 10.0. The topological polar surface area (TPSA) is 44.4 Å². The van der Waals surface area contributed by atoms with Crippen LogP contribution in [-0.4, -0.2) is 50.6 Å². The largest absolute Gasteiger partial charge is 0.355 e. The third-order valence-electron chi connectivity index (χ3n) is 2.89. The molecule has 1 amide bonds. The van der Waals surface area contributed by atoms with E-state index in [0.717, 1.165) is 32.5 Å². The molecule has 1 heterocycles. The van der Waals surface area contributed by atoms with Crippen LogP contribution in [0.3, 0.4) is 0 Å². The minimum atomic E-state index is 0.170. The Morgan fingerprint density at radius 1 is 1.47 bits per heavy atom. The molecular formula is C11H23N3O. The van der Waals surface area contributed by atoms with Crippen LogP contribution in [0.15, 0.2) is 0 Å². The van der Waals surface area contributed by atoms with Gasteiger partial charge in [0, 0.05) is 25.7 Å². The molecular weight excluding hydrogens is 190 g/mol. The second-order valence-electron chi connectivity index (χ2n) is 4.68. The molecule has 0 spiro atoms. The van der Waals surface area contributed by atoms with Gasteiger partial charge >= 0.3 is 0 Å². The minimum Gasteiger partial charge on any atom is -0.355 e. The van der Waals surface area contributed by atoms with Gasteiger partial charge < -0.3 is 15.5 Å². The highest BCUT2D eigenvalue weighted by Crippen LogP contribution is 2.13. The van der Waals surface area contributed by atoms with Crippen molar-refractivity contribution in [2.45, 2.75) is 25.8 Å². The van der Waals surface area contributed by atoms with Gasteiger partial charge in [0.25, 0.3) is 0 Å². The van der Waals surface area contributed by atoms with E-state index >= 15 is 0 Å². The van der Waals surface area contributed by atoms with Crippen molar-refractivity contribution in [3.05, 3.63) is 0 Å². The zero-order chi connectivity index (χ0) is 11.3. The fourth-order valence-electron chi connectivity index (χ4n) is 1.77. The number of piperidine rings is 1. The molecule has 1 aliphatic heterocycles. The summed E-state index contributed by atoms with van der Waals surface area (Å²) in [5.74, 6) is 0.375. The molecule has 0 saturated carbocycles. The molecule has 1 saturated heterocycles. The maximum absolute atomic E-state index is 11.7. The van der Waals surface area contributed by atoms with Crippen molar-refractivity contribution in [2.24, 2.45) is 5.92 Å². The van der Waals surface area contributed by atoms with E-state index in [1.54, 1.807) is 0 Å². The van der Waals surface area contributed by atoms with Crippen LogP contribution in [-0.2, 0) is 4.79 Å². The molecule has 88 valence electrons. The summed E-state index contributed by atoms with van der Waals surface area (Å²) in [7, 11) is 4.02. The van der Waals surface area contributed by atoms with Crippen molar-refractivity contribution in [1.29, 1.82) is 0 Å². The summed E-state index contributed by atoms with van der Waals surface area (Å²) >= 11 is 0. The molecule has 0 aliphatic carbocycles. The Labute approximate surface area is 92.4 Å². The van der Waals surface area contributed by atoms with Crippen molar-refractivity contribution in [3.8, 4) is 0 Å². The summed E-state index contributed by atoms with van der Waals surface area (Å²) < 4.78 is 0. The molecule has 1 aliphatic rings. The van der Waals surface area contributed by atoms with Gasteiger partial charge in [-0.1, -0.05) is 0 Å². The van der Waals surface area contributed by atoms with E-state index in [1.807, 2.05) is 14.1 Å². The average Bonchev–Trinajstić information content (AvgIpc) is 2.18. The first-order valence-electron chi connectivity index (χ1n) is 5.75. The smallest absolute Gasteiger partial charge is 0.224 e. The molecule has 0 aromatic carbocycles. The number of hydrogen-bond acceptors (Lipinski definition) is 3. The number of carbonyl (C=O) groups excluding carboxylic acids is 1. The van der Waals surface area contributed by atoms with Gasteiger partial charge in [0.1, 0.15) is 0 Å². The van der Waals surface area contributed by atoms with E-state index in [9.17, 15) is 4.79 Å². The average molecular weight is 213 g/mol. The highest BCUT2D eigenvalue weighted by Gasteiger charge is 2.23. The summed E-state index contributed by atoms with van der Waals surface area (Å²) in [6, 6.07) is 0.566. The number of nitrogens with zero attached hydrogens (tertiary/aromatic N) is 1. The second-order valence-corrected chi connectivity index (χ2v) is 4.68. The molecule has 0 bridgehead atoms. The second kappa shape index (κ2) is 6.08. The summed E-state index contributed by atoms with van der Waals surface area (Å²) in [6.07, 6.45) is 2.12. The molecule has 2 unspecified atom stereocenters. The molecule has 15 heavy (non-hydrogen) atoms. The van der Waals surface area contributed by atoms with Gasteiger partial charge in [-0.25, -0.2) is 0 Å². The van der Waals surface area contributed by atoms with Crippen LogP contribution in [0.4, 0.5) is 0 Å². The number of rotatable bonds is 4. The first kappa shape index (κ1) is 12.5. The first-order chi connectivity index (χ1) is 7.09. The van der Waals surface area contributed by atoms with Crippen LogP contribution in [0.1, 0.15) is 19.8 Å². The Kier molecular flexibility index (Phi) is 5.05. The van der Waals surface area contributed by atoms with E-state index in [0.29, 0.717) is 6.04 Å². The van der Waals surface area contributed by atoms with E-state index < -0.39 is 0 Å². The summed E-state index contributed by atoms with van der Waals surface area (Å²) in [5, 5.41) is 6.32. The third-order valence-corrected chi connectivity index (χ3v) is 2.89. The lowest BCUT2D eigenvalue weighted by Crippen LogP contribution is -2.45. The Morgan fingerprint density at radius 2 is 2.20 bits per heavy atom. The normalized spacial score (nSPS) is 26.7. The third kappa shape index (κ3) is 4.62.